The molecule has 2 aromatic rings. The molecule has 0 aromatic heterocycles. The van der Waals surface area contributed by atoms with E-state index in [9.17, 15) is 17.6 Å². The molecule has 27 heavy (non-hydrogen) atoms. The molecule has 1 fully saturated rings. The molecule has 0 radical (unpaired) electrons. The number of nitrogens with zero attached hydrogens (tertiary/aromatic N) is 1. The summed E-state index contributed by atoms with van der Waals surface area (Å²) in [5, 5.41) is 0. The zero-order valence-corrected chi connectivity index (χ0v) is 15.3. The van der Waals surface area contributed by atoms with Gasteiger partial charge in [-0.05, 0) is 35.4 Å². The SMILES string of the molecule is COc1ccc(COc2cc(CN)cc(F)c2N2CC(=O)NS2(=O)=O)cc1. The zero-order valence-electron chi connectivity index (χ0n) is 14.4. The number of anilines is 1. The Morgan fingerprint density at radius 2 is 1.93 bits per heavy atom. The summed E-state index contributed by atoms with van der Waals surface area (Å²) < 4.78 is 52.1. The molecule has 3 N–H and O–H groups in total. The molecular formula is C17H18FN3O5S. The lowest BCUT2D eigenvalue weighted by atomic mass is 10.1. The van der Waals surface area contributed by atoms with Crippen LogP contribution in [-0.4, -0.2) is 28.0 Å². The van der Waals surface area contributed by atoms with Crippen LogP contribution in [0.4, 0.5) is 10.1 Å². The van der Waals surface area contributed by atoms with Gasteiger partial charge in [-0.3, -0.25) is 4.79 Å². The molecule has 144 valence electrons. The van der Waals surface area contributed by atoms with E-state index in [2.05, 4.69) is 0 Å². The summed E-state index contributed by atoms with van der Waals surface area (Å²) in [6, 6.07) is 9.58. The number of hydrogen-bond donors (Lipinski definition) is 2. The number of hydrogen-bond acceptors (Lipinski definition) is 6. The summed E-state index contributed by atoms with van der Waals surface area (Å²) in [6.07, 6.45) is 0. The van der Waals surface area contributed by atoms with E-state index >= 15 is 0 Å². The Bertz CT molecular complexity index is 963. The Labute approximate surface area is 155 Å². The van der Waals surface area contributed by atoms with Gasteiger partial charge in [0.25, 0.3) is 5.91 Å². The average molecular weight is 395 g/mol. The number of nitrogens with one attached hydrogen (secondary N) is 1. The van der Waals surface area contributed by atoms with E-state index in [0.717, 1.165) is 11.6 Å². The van der Waals surface area contributed by atoms with Gasteiger partial charge in [-0.15, -0.1) is 0 Å². The van der Waals surface area contributed by atoms with Crippen molar-refractivity contribution in [2.45, 2.75) is 13.2 Å². The Hall–Kier alpha value is -2.85. The molecule has 0 atom stereocenters. The van der Waals surface area contributed by atoms with Crippen molar-refractivity contribution in [2.24, 2.45) is 5.73 Å². The minimum atomic E-state index is -4.18. The van der Waals surface area contributed by atoms with Crippen molar-refractivity contribution in [2.75, 3.05) is 18.0 Å². The van der Waals surface area contributed by atoms with Gasteiger partial charge in [0, 0.05) is 6.54 Å². The Kier molecular flexibility index (Phi) is 5.19. The van der Waals surface area contributed by atoms with Crippen LogP contribution >= 0.6 is 0 Å². The van der Waals surface area contributed by atoms with Gasteiger partial charge in [-0.25, -0.2) is 13.4 Å². The largest absolute Gasteiger partial charge is 0.497 e. The smallest absolute Gasteiger partial charge is 0.326 e. The van der Waals surface area contributed by atoms with Crippen molar-refractivity contribution < 1.29 is 27.1 Å². The lowest BCUT2D eigenvalue weighted by Crippen LogP contribution is -2.30. The number of carbonyl (C=O) groups excluding carboxylic acids is 1. The molecule has 1 saturated heterocycles. The van der Waals surface area contributed by atoms with E-state index in [1.54, 1.807) is 31.4 Å². The number of nitrogens with two attached hydrogens (primary N) is 1. The second kappa shape index (κ2) is 7.41. The van der Waals surface area contributed by atoms with Crippen molar-refractivity contribution in [1.82, 2.24) is 4.72 Å². The summed E-state index contributed by atoms with van der Waals surface area (Å²) >= 11 is 0. The van der Waals surface area contributed by atoms with Crippen molar-refractivity contribution >= 4 is 21.8 Å². The first-order chi connectivity index (χ1) is 12.8. The second-order valence-electron chi connectivity index (χ2n) is 5.80. The zero-order chi connectivity index (χ0) is 19.6. The van der Waals surface area contributed by atoms with E-state index in [1.165, 1.54) is 6.07 Å². The van der Waals surface area contributed by atoms with Gasteiger partial charge >= 0.3 is 10.2 Å². The number of benzene rings is 2. The quantitative estimate of drug-likeness (QED) is 0.757. The molecule has 0 saturated carbocycles. The molecule has 0 bridgehead atoms. The van der Waals surface area contributed by atoms with Crippen LogP contribution in [-0.2, 0) is 28.2 Å². The molecule has 0 aliphatic carbocycles. The van der Waals surface area contributed by atoms with Crippen LogP contribution in [0.2, 0.25) is 0 Å². The Morgan fingerprint density at radius 3 is 2.48 bits per heavy atom. The van der Waals surface area contributed by atoms with Crippen LogP contribution in [0.1, 0.15) is 11.1 Å². The number of rotatable bonds is 6. The molecule has 0 unspecified atom stereocenters. The lowest BCUT2D eigenvalue weighted by Gasteiger charge is -2.20. The molecule has 10 heteroatoms. The number of carbonyl (C=O) groups is 1. The lowest BCUT2D eigenvalue weighted by molar-refractivity contribution is -0.117. The first-order valence-corrected chi connectivity index (χ1v) is 9.39. The fourth-order valence-electron chi connectivity index (χ4n) is 2.63. The maximum atomic E-state index is 14.6. The molecule has 3 rings (SSSR count). The highest BCUT2D eigenvalue weighted by Crippen LogP contribution is 2.36. The van der Waals surface area contributed by atoms with Crippen LogP contribution in [0, 0.1) is 5.82 Å². The molecule has 1 aliphatic heterocycles. The number of halogens is 1. The number of methoxy groups -OCH3 is 1. The number of amides is 1. The van der Waals surface area contributed by atoms with Gasteiger partial charge in [0.2, 0.25) is 0 Å². The molecule has 1 heterocycles. The minimum Gasteiger partial charge on any atom is -0.497 e. The summed E-state index contributed by atoms with van der Waals surface area (Å²) in [6.45, 7) is -0.431. The topological polar surface area (TPSA) is 111 Å². The molecule has 0 spiro atoms. The molecular weight excluding hydrogens is 377 g/mol. The van der Waals surface area contributed by atoms with E-state index < -0.39 is 28.5 Å². The van der Waals surface area contributed by atoms with Gasteiger partial charge in [0.1, 0.15) is 30.3 Å². The van der Waals surface area contributed by atoms with Gasteiger partial charge in [-0.2, -0.15) is 8.42 Å². The van der Waals surface area contributed by atoms with Crippen LogP contribution in [0.25, 0.3) is 0 Å². The van der Waals surface area contributed by atoms with E-state index in [-0.39, 0.29) is 24.6 Å². The highest BCUT2D eigenvalue weighted by atomic mass is 32.2. The van der Waals surface area contributed by atoms with Crippen LogP contribution in [0.5, 0.6) is 11.5 Å². The third-order valence-electron chi connectivity index (χ3n) is 3.95. The molecule has 2 aromatic carbocycles. The fraction of sp³-hybridized carbons (Fsp3) is 0.235. The van der Waals surface area contributed by atoms with E-state index in [1.807, 2.05) is 4.72 Å². The second-order valence-corrected chi connectivity index (χ2v) is 7.40. The normalized spacial score (nSPS) is 15.5. The third-order valence-corrected chi connectivity index (χ3v) is 5.32. The predicted octanol–water partition coefficient (Wildman–Crippen LogP) is 1.05. The third kappa shape index (κ3) is 3.96. The van der Waals surface area contributed by atoms with Gasteiger partial charge < -0.3 is 15.2 Å². The summed E-state index contributed by atoms with van der Waals surface area (Å²) in [5.74, 6) is -0.948. The van der Waals surface area contributed by atoms with Gasteiger partial charge in [0.15, 0.2) is 5.82 Å². The monoisotopic (exact) mass is 395 g/mol. The van der Waals surface area contributed by atoms with Crippen LogP contribution in [0.3, 0.4) is 0 Å². The highest BCUT2D eigenvalue weighted by molar-refractivity contribution is 7.92. The maximum absolute atomic E-state index is 14.6. The minimum absolute atomic E-state index is 0.0219. The van der Waals surface area contributed by atoms with Crippen molar-refractivity contribution in [3.63, 3.8) is 0 Å². The average Bonchev–Trinajstić information content (AvgIpc) is 2.91. The van der Waals surface area contributed by atoms with Crippen LogP contribution < -0.4 is 24.2 Å². The van der Waals surface area contributed by atoms with Crippen LogP contribution in [0.15, 0.2) is 36.4 Å². The van der Waals surface area contributed by atoms with Gasteiger partial charge in [-0.1, -0.05) is 12.1 Å². The van der Waals surface area contributed by atoms with Crippen molar-refractivity contribution in [3.8, 4) is 11.5 Å². The van der Waals surface area contributed by atoms with Gasteiger partial charge in [0.05, 0.1) is 7.11 Å². The van der Waals surface area contributed by atoms with Crippen molar-refractivity contribution in [1.29, 1.82) is 0 Å². The van der Waals surface area contributed by atoms with Crippen molar-refractivity contribution in [3.05, 3.63) is 53.3 Å². The standard InChI is InChI=1S/C17H18FN3O5S/c1-25-13-4-2-11(3-5-13)10-26-15-7-12(8-19)6-14(18)17(15)21-9-16(22)20-27(21,23)24/h2-7H,8-10,19H2,1H3,(H,20,22). The first kappa shape index (κ1) is 18.9. The highest BCUT2D eigenvalue weighted by Gasteiger charge is 2.37. The maximum Gasteiger partial charge on any atom is 0.326 e. The Morgan fingerprint density at radius 1 is 1.22 bits per heavy atom. The summed E-state index contributed by atoms with van der Waals surface area (Å²) in [4.78, 5) is 11.5. The number of ether oxygens (including phenoxy) is 2. The first-order valence-electron chi connectivity index (χ1n) is 7.95. The fourth-order valence-corrected chi connectivity index (χ4v) is 3.79. The van der Waals surface area contributed by atoms with E-state index in [4.69, 9.17) is 15.2 Å². The molecule has 8 nitrogen and oxygen atoms in total. The summed E-state index contributed by atoms with van der Waals surface area (Å²) in [7, 11) is -2.63. The Balaban J connectivity index is 1.95. The predicted molar refractivity (Wildman–Crippen MR) is 96.0 cm³/mol. The molecule has 1 aliphatic rings. The summed E-state index contributed by atoms with van der Waals surface area (Å²) in [5.41, 5.74) is 6.43. The van der Waals surface area contributed by atoms with E-state index in [0.29, 0.717) is 15.6 Å². The molecule has 1 amide bonds.